The smallest absolute Gasteiger partial charge is 0.225 e. The first-order chi connectivity index (χ1) is 12.6. The SMILES string of the molecule is O=C(CCN1CCN(Cc2ccccc2)CC1)Nc1ccc(Cl)cc1Cl. The molecule has 1 amide bonds. The molecule has 4 nitrogen and oxygen atoms in total. The van der Waals surface area contributed by atoms with Gasteiger partial charge in [0, 0.05) is 50.7 Å². The Hall–Kier alpha value is -1.59. The molecule has 1 fully saturated rings. The van der Waals surface area contributed by atoms with Crippen LogP contribution in [-0.2, 0) is 11.3 Å². The van der Waals surface area contributed by atoms with Gasteiger partial charge in [-0.1, -0.05) is 53.5 Å². The highest BCUT2D eigenvalue weighted by atomic mass is 35.5. The zero-order valence-corrected chi connectivity index (χ0v) is 16.1. The molecule has 0 bridgehead atoms. The van der Waals surface area contributed by atoms with Crippen LogP contribution in [0.15, 0.2) is 48.5 Å². The average molecular weight is 392 g/mol. The Morgan fingerprint density at radius 3 is 2.35 bits per heavy atom. The molecule has 26 heavy (non-hydrogen) atoms. The molecule has 0 spiro atoms. The maximum absolute atomic E-state index is 12.2. The van der Waals surface area contributed by atoms with Gasteiger partial charge in [-0.3, -0.25) is 9.69 Å². The molecule has 0 aromatic heterocycles. The number of nitrogens with one attached hydrogen (secondary N) is 1. The fourth-order valence-electron chi connectivity index (χ4n) is 3.08. The van der Waals surface area contributed by atoms with E-state index in [0.717, 1.165) is 39.3 Å². The van der Waals surface area contributed by atoms with Crippen LogP contribution in [0.3, 0.4) is 0 Å². The van der Waals surface area contributed by atoms with Crippen molar-refractivity contribution in [3.63, 3.8) is 0 Å². The summed E-state index contributed by atoms with van der Waals surface area (Å²) in [5.41, 5.74) is 1.95. The Morgan fingerprint density at radius 1 is 0.962 bits per heavy atom. The van der Waals surface area contributed by atoms with E-state index < -0.39 is 0 Å². The minimum Gasteiger partial charge on any atom is -0.325 e. The van der Waals surface area contributed by atoms with Crippen molar-refractivity contribution in [3.8, 4) is 0 Å². The summed E-state index contributed by atoms with van der Waals surface area (Å²) in [6.07, 6.45) is 0.456. The molecule has 2 aromatic rings. The molecular weight excluding hydrogens is 369 g/mol. The van der Waals surface area contributed by atoms with Crippen molar-refractivity contribution in [2.45, 2.75) is 13.0 Å². The Labute approximate surface area is 164 Å². The van der Waals surface area contributed by atoms with Crippen LogP contribution in [0.1, 0.15) is 12.0 Å². The van der Waals surface area contributed by atoms with Crippen LogP contribution in [0.2, 0.25) is 10.0 Å². The van der Waals surface area contributed by atoms with Crippen LogP contribution in [-0.4, -0.2) is 48.4 Å². The zero-order chi connectivity index (χ0) is 18.4. The summed E-state index contributed by atoms with van der Waals surface area (Å²) in [5, 5.41) is 3.87. The zero-order valence-electron chi connectivity index (χ0n) is 14.6. The van der Waals surface area contributed by atoms with Gasteiger partial charge in [0.2, 0.25) is 5.91 Å². The fourth-order valence-corrected chi connectivity index (χ4v) is 3.53. The molecular formula is C20H23Cl2N3O. The maximum atomic E-state index is 12.2. The third-order valence-corrected chi connectivity index (χ3v) is 5.12. The van der Waals surface area contributed by atoms with Gasteiger partial charge in [-0.2, -0.15) is 0 Å². The van der Waals surface area contributed by atoms with E-state index in [0.29, 0.717) is 22.2 Å². The van der Waals surface area contributed by atoms with E-state index in [4.69, 9.17) is 23.2 Å². The predicted molar refractivity (Wildman–Crippen MR) is 108 cm³/mol. The molecule has 1 N–H and O–H groups in total. The normalized spacial score (nSPS) is 15.8. The van der Waals surface area contributed by atoms with Crippen LogP contribution >= 0.6 is 23.2 Å². The molecule has 0 aliphatic carbocycles. The van der Waals surface area contributed by atoms with Gasteiger partial charge in [0.25, 0.3) is 0 Å². The quantitative estimate of drug-likeness (QED) is 0.803. The summed E-state index contributed by atoms with van der Waals surface area (Å²) in [5.74, 6) is -0.0269. The molecule has 2 aromatic carbocycles. The van der Waals surface area contributed by atoms with Gasteiger partial charge in [0.05, 0.1) is 10.7 Å². The minimum atomic E-state index is -0.0269. The number of nitrogens with zero attached hydrogens (tertiary/aromatic N) is 2. The van der Waals surface area contributed by atoms with Crippen LogP contribution in [0.25, 0.3) is 0 Å². The number of hydrogen-bond acceptors (Lipinski definition) is 3. The molecule has 0 radical (unpaired) electrons. The number of carbonyl (C=O) groups excluding carboxylic acids is 1. The average Bonchev–Trinajstić information content (AvgIpc) is 2.64. The first-order valence-electron chi connectivity index (χ1n) is 8.84. The standard InChI is InChI=1S/C20H23Cl2N3O/c21-17-6-7-19(18(22)14-17)23-20(26)8-9-24-10-12-25(13-11-24)15-16-4-2-1-3-5-16/h1-7,14H,8-13,15H2,(H,23,26). The van der Waals surface area contributed by atoms with Crippen molar-refractivity contribution < 1.29 is 4.79 Å². The first-order valence-corrected chi connectivity index (χ1v) is 9.59. The Kier molecular flexibility index (Phi) is 6.92. The molecule has 138 valence electrons. The predicted octanol–water partition coefficient (Wildman–Crippen LogP) is 4.14. The molecule has 1 aliphatic heterocycles. The van der Waals surface area contributed by atoms with Crippen LogP contribution < -0.4 is 5.32 Å². The molecule has 1 heterocycles. The van der Waals surface area contributed by atoms with E-state index in [1.807, 2.05) is 6.07 Å². The first kappa shape index (κ1) is 19.2. The van der Waals surface area contributed by atoms with Crippen LogP contribution in [0.5, 0.6) is 0 Å². The van der Waals surface area contributed by atoms with Gasteiger partial charge >= 0.3 is 0 Å². The number of rotatable bonds is 6. The molecule has 3 rings (SSSR count). The molecule has 0 unspecified atom stereocenters. The Morgan fingerprint density at radius 2 is 1.65 bits per heavy atom. The second-order valence-corrected chi connectivity index (χ2v) is 7.37. The summed E-state index contributed by atoms with van der Waals surface area (Å²) < 4.78 is 0. The highest BCUT2D eigenvalue weighted by molar-refractivity contribution is 6.36. The van der Waals surface area contributed by atoms with Crippen molar-refractivity contribution in [1.29, 1.82) is 0 Å². The van der Waals surface area contributed by atoms with Crippen molar-refractivity contribution in [2.75, 3.05) is 38.0 Å². The number of anilines is 1. The maximum Gasteiger partial charge on any atom is 0.225 e. The molecule has 1 saturated heterocycles. The third kappa shape index (κ3) is 5.71. The monoisotopic (exact) mass is 391 g/mol. The lowest BCUT2D eigenvalue weighted by Gasteiger charge is -2.34. The Bertz CT molecular complexity index is 731. The van der Waals surface area contributed by atoms with Gasteiger partial charge in [-0.25, -0.2) is 0 Å². The van der Waals surface area contributed by atoms with Crippen molar-refractivity contribution >= 4 is 34.8 Å². The van der Waals surface area contributed by atoms with E-state index in [-0.39, 0.29) is 5.91 Å². The van der Waals surface area contributed by atoms with Gasteiger partial charge in [0.1, 0.15) is 0 Å². The summed E-state index contributed by atoms with van der Waals surface area (Å²) in [6, 6.07) is 15.6. The number of piperazine rings is 1. The molecule has 0 saturated carbocycles. The van der Waals surface area contributed by atoms with Gasteiger partial charge in [-0.15, -0.1) is 0 Å². The highest BCUT2D eigenvalue weighted by Crippen LogP contribution is 2.25. The van der Waals surface area contributed by atoms with Gasteiger partial charge < -0.3 is 10.2 Å². The lowest BCUT2D eigenvalue weighted by atomic mass is 10.2. The van der Waals surface area contributed by atoms with Crippen molar-refractivity contribution in [1.82, 2.24) is 9.80 Å². The summed E-state index contributed by atoms with van der Waals surface area (Å²) in [7, 11) is 0. The molecule has 0 atom stereocenters. The summed E-state index contributed by atoms with van der Waals surface area (Å²) >= 11 is 12.0. The summed E-state index contributed by atoms with van der Waals surface area (Å²) in [4.78, 5) is 17.0. The van der Waals surface area contributed by atoms with E-state index in [1.54, 1.807) is 18.2 Å². The van der Waals surface area contributed by atoms with Gasteiger partial charge in [0.15, 0.2) is 0 Å². The second-order valence-electron chi connectivity index (χ2n) is 6.53. The summed E-state index contributed by atoms with van der Waals surface area (Å²) in [6.45, 7) is 5.78. The van der Waals surface area contributed by atoms with Crippen molar-refractivity contribution in [2.24, 2.45) is 0 Å². The van der Waals surface area contributed by atoms with Crippen LogP contribution in [0.4, 0.5) is 5.69 Å². The van der Waals surface area contributed by atoms with E-state index in [1.165, 1.54) is 5.56 Å². The number of carbonyl (C=O) groups is 1. The van der Waals surface area contributed by atoms with E-state index >= 15 is 0 Å². The highest BCUT2D eigenvalue weighted by Gasteiger charge is 2.17. The van der Waals surface area contributed by atoms with Crippen molar-refractivity contribution in [3.05, 3.63) is 64.1 Å². The molecule has 1 aliphatic rings. The van der Waals surface area contributed by atoms with E-state index in [2.05, 4.69) is 39.4 Å². The number of benzene rings is 2. The molecule has 6 heteroatoms. The number of halogens is 2. The topological polar surface area (TPSA) is 35.6 Å². The van der Waals surface area contributed by atoms with Gasteiger partial charge in [-0.05, 0) is 23.8 Å². The minimum absolute atomic E-state index is 0.0269. The van der Waals surface area contributed by atoms with E-state index in [9.17, 15) is 4.79 Å². The number of amides is 1. The third-order valence-electron chi connectivity index (χ3n) is 4.57. The number of hydrogen-bond donors (Lipinski definition) is 1. The largest absolute Gasteiger partial charge is 0.325 e. The van der Waals surface area contributed by atoms with Crippen LogP contribution in [0, 0.1) is 0 Å². The lowest BCUT2D eigenvalue weighted by Crippen LogP contribution is -2.46. The lowest BCUT2D eigenvalue weighted by molar-refractivity contribution is -0.116. The fraction of sp³-hybridized carbons (Fsp3) is 0.350. The second kappa shape index (κ2) is 9.38. The Balaban J connectivity index is 1.38.